The van der Waals surface area contributed by atoms with Crippen LogP contribution in [0, 0.1) is 11.8 Å². The highest BCUT2D eigenvalue weighted by Gasteiger charge is 2.46. The normalized spacial score (nSPS) is 25.1. The van der Waals surface area contributed by atoms with Gasteiger partial charge in [0.25, 0.3) is 6.47 Å². The van der Waals surface area contributed by atoms with E-state index in [-0.39, 0.29) is 37.2 Å². The van der Waals surface area contributed by atoms with E-state index in [4.69, 9.17) is 14.6 Å². The van der Waals surface area contributed by atoms with Crippen LogP contribution in [0.1, 0.15) is 53.9 Å². The molecular formula is C16H29F2NO4. The molecule has 7 heteroatoms. The molecule has 23 heavy (non-hydrogen) atoms. The van der Waals surface area contributed by atoms with Crippen molar-refractivity contribution in [2.24, 2.45) is 11.8 Å². The molecule has 0 bridgehead atoms. The van der Waals surface area contributed by atoms with Crippen LogP contribution in [0.3, 0.4) is 0 Å². The van der Waals surface area contributed by atoms with E-state index in [0.717, 1.165) is 0 Å². The minimum absolute atomic E-state index is 0.0453. The lowest BCUT2D eigenvalue weighted by Crippen LogP contribution is -2.35. The van der Waals surface area contributed by atoms with Gasteiger partial charge < -0.3 is 14.7 Å². The third-order valence-electron chi connectivity index (χ3n) is 3.67. The van der Waals surface area contributed by atoms with E-state index in [1.54, 1.807) is 4.90 Å². The van der Waals surface area contributed by atoms with Crippen molar-refractivity contribution in [1.29, 1.82) is 0 Å². The smallest absolute Gasteiger partial charge is 0.410 e. The van der Waals surface area contributed by atoms with E-state index in [2.05, 4.69) is 0 Å². The largest absolute Gasteiger partial charge is 0.483 e. The Hall–Kier alpha value is -1.40. The predicted molar refractivity (Wildman–Crippen MR) is 83.6 cm³/mol. The summed E-state index contributed by atoms with van der Waals surface area (Å²) >= 11 is 0. The Bertz CT molecular complexity index is 383. The maximum atomic E-state index is 13.3. The van der Waals surface area contributed by atoms with Crippen LogP contribution in [0.5, 0.6) is 0 Å². The highest BCUT2D eigenvalue weighted by Crippen LogP contribution is 2.43. The number of likely N-dealkylation sites (tertiary alicyclic amines) is 1. The van der Waals surface area contributed by atoms with Crippen molar-refractivity contribution in [3.63, 3.8) is 0 Å². The molecule has 1 saturated carbocycles. The van der Waals surface area contributed by atoms with Crippen LogP contribution in [0.25, 0.3) is 0 Å². The fraction of sp³-hybridized carbons (Fsp3) is 0.875. The van der Waals surface area contributed by atoms with Gasteiger partial charge in [-0.15, -0.1) is 0 Å². The molecule has 0 radical (unpaired) electrons. The van der Waals surface area contributed by atoms with E-state index in [0.29, 0.717) is 19.5 Å². The number of nitrogens with zero attached hydrogens (tertiary/aromatic N) is 1. The molecule has 2 rings (SSSR count). The zero-order valence-corrected chi connectivity index (χ0v) is 14.6. The number of halogens is 2. The lowest BCUT2D eigenvalue weighted by atomic mass is 9.80. The molecule has 1 N–H and O–H groups in total. The number of carbonyl (C=O) groups is 2. The summed E-state index contributed by atoms with van der Waals surface area (Å²) in [5.41, 5.74) is -0.533. The quantitative estimate of drug-likeness (QED) is 0.678. The standard InChI is InChI=1S/C13H21F2NO2.C2H6.CH2O2/c1-12(2,3)18-11(17)16-7-9-4-5-13(14,15)6-10(9)8-16;1-2;2-1-3/h9-10H,4-8H2,1-3H3;1-2H3;1H,(H,2,3). The fourth-order valence-corrected chi connectivity index (χ4v) is 2.85. The first kappa shape index (κ1) is 21.6. The second-order valence-corrected chi connectivity index (χ2v) is 6.61. The molecule has 1 heterocycles. The summed E-state index contributed by atoms with van der Waals surface area (Å²) in [6.45, 7) is 10.2. The number of ether oxygens (including phenoxy) is 1. The Morgan fingerprint density at radius 2 is 1.74 bits per heavy atom. The third-order valence-corrected chi connectivity index (χ3v) is 3.67. The molecule has 136 valence electrons. The molecule has 0 aromatic heterocycles. The maximum absolute atomic E-state index is 13.3. The van der Waals surface area contributed by atoms with Gasteiger partial charge >= 0.3 is 6.09 Å². The lowest BCUT2D eigenvalue weighted by molar-refractivity contribution is -0.122. The topological polar surface area (TPSA) is 66.8 Å². The van der Waals surface area contributed by atoms with Gasteiger partial charge in [-0.1, -0.05) is 13.8 Å². The van der Waals surface area contributed by atoms with E-state index >= 15 is 0 Å². The van der Waals surface area contributed by atoms with Crippen LogP contribution >= 0.6 is 0 Å². The number of amides is 1. The van der Waals surface area contributed by atoms with Crippen LogP contribution in [-0.4, -0.2) is 47.2 Å². The number of rotatable bonds is 0. The van der Waals surface area contributed by atoms with Crippen molar-refractivity contribution in [2.75, 3.05) is 13.1 Å². The van der Waals surface area contributed by atoms with Crippen molar-refractivity contribution in [1.82, 2.24) is 4.90 Å². The number of hydrogen-bond acceptors (Lipinski definition) is 3. The first-order chi connectivity index (χ1) is 10.6. The maximum Gasteiger partial charge on any atom is 0.410 e. The summed E-state index contributed by atoms with van der Waals surface area (Å²) in [4.78, 5) is 21.8. The van der Waals surface area contributed by atoms with E-state index in [1.165, 1.54) is 0 Å². The zero-order chi connectivity index (χ0) is 18.3. The molecule has 1 amide bonds. The summed E-state index contributed by atoms with van der Waals surface area (Å²) in [6.07, 6.45) is 0.00442. The Morgan fingerprint density at radius 3 is 2.22 bits per heavy atom. The number of hydrogen-bond donors (Lipinski definition) is 1. The highest BCUT2D eigenvalue weighted by atomic mass is 19.3. The summed E-state index contributed by atoms with van der Waals surface area (Å²) in [6, 6.07) is 0. The van der Waals surface area contributed by atoms with Crippen LogP contribution in [0.4, 0.5) is 13.6 Å². The van der Waals surface area contributed by atoms with Gasteiger partial charge in [-0.2, -0.15) is 0 Å². The SMILES string of the molecule is CC.CC(C)(C)OC(=O)N1CC2CCC(F)(F)CC2C1.O=CO. The molecule has 0 aromatic rings. The Kier molecular flexibility index (Phi) is 8.48. The molecule has 1 aliphatic carbocycles. The first-order valence-electron chi connectivity index (χ1n) is 8.01. The van der Waals surface area contributed by atoms with Gasteiger partial charge in [0.05, 0.1) is 0 Å². The van der Waals surface area contributed by atoms with Crippen molar-refractivity contribution in [2.45, 2.75) is 65.4 Å². The van der Waals surface area contributed by atoms with E-state index in [1.807, 2.05) is 34.6 Å². The molecular weight excluding hydrogens is 308 g/mol. The van der Waals surface area contributed by atoms with Gasteiger partial charge in [-0.05, 0) is 39.0 Å². The summed E-state index contributed by atoms with van der Waals surface area (Å²) in [5.74, 6) is -2.40. The van der Waals surface area contributed by atoms with Crippen LogP contribution < -0.4 is 0 Å². The van der Waals surface area contributed by atoms with Gasteiger partial charge in [0.2, 0.25) is 5.92 Å². The zero-order valence-electron chi connectivity index (χ0n) is 14.6. The minimum atomic E-state index is -2.55. The van der Waals surface area contributed by atoms with Gasteiger partial charge in [-0.3, -0.25) is 4.79 Å². The van der Waals surface area contributed by atoms with Crippen molar-refractivity contribution < 1.29 is 28.2 Å². The Labute approximate surface area is 137 Å². The van der Waals surface area contributed by atoms with Crippen LogP contribution in [0.15, 0.2) is 0 Å². The number of carbonyl (C=O) groups excluding carboxylic acids is 1. The Morgan fingerprint density at radius 1 is 1.26 bits per heavy atom. The predicted octanol–water partition coefficient (Wildman–Crippen LogP) is 4.02. The van der Waals surface area contributed by atoms with Gasteiger partial charge in [0, 0.05) is 25.9 Å². The summed E-state index contributed by atoms with van der Waals surface area (Å²) in [7, 11) is 0. The first-order valence-corrected chi connectivity index (χ1v) is 8.01. The van der Waals surface area contributed by atoms with Crippen molar-refractivity contribution in [3.05, 3.63) is 0 Å². The molecule has 2 aliphatic rings. The minimum Gasteiger partial charge on any atom is -0.483 e. The monoisotopic (exact) mass is 337 g/mol. The Balaban J connectivity index is 0.000000868. The number of alkyl halides is 2. The number of fused-ring (bicyclic) bond motifs is 1. The average Bonchev–Trinajstić information content (AvgIpc) is 2.82. The number of carboxylic acid groups (broad SMARTS) is 1. The highest BCUT2D eigenvalue weighted by molar-refractivity contribution is 5.68. The summed E-state index contributed by atoms with van der Waals surface area (Å²) < 4.78 is 31.9. The van der Waals surface area contributed by atoms with Gasteiger partial charge in [0.15, 0.2) is 0 Å². The lowest BCUT2D eigenvalue weighted by Gasteiger charge is -2.30. The second-order valence-electron chi connectivity index (χ2n) is 6.61. The van der Waals surface area contributed by atoms with Crippen molar-refractivity contribution >= 4 is 12.6 Å². The van der Waals surface area contributed by atoms with E-state index in [9.17, 15) is 13.6 Å². The van der Waals surface area contributed by atoms with Gasteiger partial charge in [-0.25, -0.2) is 13.6 Å². The van der Waals surface area contributed by atoms with E-state index < -0.39 is 11.5 Å². The average molecular weight is 337 g/mol. The molecule has 2 unspecified atom stereocenters. The summed E-state index contributed by atoms with van der Waals surface area (Å²) in [5, 5.41) is 6.89. The molecule has 2 fully saturated rings. The second kappa shape index (κ2) is 9.03. The molecule has 2 atom stereocenters. The van der Waals surface area contributed by atoms with Crippen LogP contribution in [-0.2, 0) is 9.53 Å². The third kappa shape index (κ3) is 7.61. The molecule has 1 aliphatic heterocycles. The molecule has 1 saturated heterocycles. The molecule has 0 aromatic carbocycles. The van der Waals surface area contributed by atoms with Crippen LogP contribution in [0.2, 0.25) is 0 Å². The molecule has 0 spiro atoms. The fourth-order valence-electron chi connectivity index (χ4n) is 2.85. The molecule has 5 nitrogen and oxygen atoms in total. The van der Waals surface area contributed by atoms with Crippen molar-refractivity contribution in [3.8, 4) is 0 Å². The van der Waals surface area contributed by atoms with Gasteiger partial charge in [0.1, 0.15) is 5.60 Å².